The molecule has 2 N–H and O–H groups in total. The first kappa shape index (κ1) is 23.7. The normalized spacial score (nSPS) is 16.3. The number of amides is 2. The van der Waals surface area contributed by atoms with Crippen molar-refractivity contribution in [3.63, 3.8) is 0 Å². The second-order valence-corrected chi connectivity index (χ2v) is 8.62. The van der Waals surface area contributed by atoms with Crippen molar-refractivity contribution in [1.29, 1.82) is 0 Å². The van der Waals surface area contributed by atoms with Gasteiger partial charge in [0, 0.05) is 36.1 Å². The van der Waals surface area contributed by atoms with Crippen LogP contribution in [0.3, 0.4) is 0 Å². The summed E-state index contributed by atoms with van der Waals surface area (Å²) in [4.78, 5) is 31.3. The zero-order valence-electron chi connectivity index (χ0n) is 19.0. The Bertz CT molecular complexity index is 1460. The molecule has 36 heavy (non-hydrogen) atoms. The van der Waals surface area contributed by atoms with E-state index in [0.29, 0.717) is 28.4 Å². The van der Waals surface area contributed by atoms with Gasteiger partial charge in [0.1, 0.15) is 17.0 Å². The number of hydrogen-bond donors (Lipinski definition) is 2. The minimum Gasteiger partial charge on any atom is -0.496 e. The summed E-state index contributed by atoms with van der Waals surface area (Å²) in [6.45, 7) is 0.281. The number of methoxy groups -OCH3 is 1. The topological polar surface area (TPSA) is 127 Å². The number of aliphatic hydroxyl groups is 1. The van der Waals surface area contributed by atoms with Crippen LogP contribution in [0, 0.1) is 0 Å². The molecule has 4 heterocycles. The summed E-state index contributed by atoms with van der Waals surface area (Å²) in [5.74, 6) is -1.03. The van der Waals surface area contributed by atoms with E-state index in [1.54, 1.807) is 30.5 Å². The monoisotopic (exact) mass is 513 g/mol. The van der Waals surface area contributed by atoms with Gasteiger partial charge in [-0.1, -0.05) is 11.6 Å². The van der Waals surface area contributed by atoms with E-state index in [-0.39, 0.29) is 30.0 Å². The highest BCUT2D eigenvalue weighted by molar-refractivity contribution is 6.31. The van der Waals surface area contributed by atoms with Crippen LogP contribution in [0.5, 0.6) is 5.75 Å². The summed E-state index contributed by atoms with van der Waals surface area (Å²) >= 11 is 6.19. The van der Waals surface area contributed by atoms with E-state index >= 15 is 4.39 Å². The number of hydrogen-bond acceptors (Lipinski definition) is 7. The molecule has 0 radical (unpaired) electrons. The second-order valence-electron chi connectivity index (χ2n) is 8.18. The average molecular weight is 514 g/mol. The quantitative estimate of drug-likeness (QED) is 0.405. The summed E-state index contributed by atoms with van der Waals surface area (Å²) in [6, 6.07) is 6.46. The molecular formula is C23H21ClFN7O4. The molecule has 4 aromatic rings. The van der Waals surface area contributed by atoms with Gasteiger partial charge in [-0.05, 0) is 30.7 Å². The van der Waals surface area contributed by atoms with Crippen LogP contribution in [-0.4, -0.2) is 72.5 Å². The number of nitrogens with one attached hydrogen (secondary N) is 1. The predicted octanol–water partition coefficient (Wildman–Crippen LogP) is 2.57. The molecule has 3 aromatic heterocycles. The molecule has 13 heteroatoms. The molecule has 0 spiro atoms. The van der Waals surface area contributed by atoms with Crippen molar-refractivity contribution >= 4 is 34.7 Å². The van der Waals surface area contributed by atoms with Crippen molar-refractivity contribution in [2.24, 2.45) is 0 Å². The van der Waals surface area contributed by atoms with Crippen LogP contribution >= 0.6 is 11.6 Å². The van der Waals surface area contributed by atoms with Gasteiger partial charge >= 0.3 is 0 Å². The number of ether oxygens (including phenoxy) is 1. The van der Waals surface area contributed by atoms with Crippen molar-refractivity contribution in [2.45, 2.75) is 18.8 Å². The molecule has 1 aliphatic heterocycles. The number of alkyl halides is 1. The lowest BCUT2D eigenvalue weighted by molar-refractivity contribution is -0.139. The van der Waals surface area contributed by atoms with Gasteiger partial charge in [0.05, 0.1) is 31.3 Å². The maximum absolute atomic E-state index is 15.3. The zero-order chi connectivity index (χ0) is 25.4. The van der Waals surface area contributed by atoms with E-state index in [2.05, 4.69) is 20.5 Å². The number of carbonyl (C=O) groups is 2. The summed E-state index contributed by atoms with van der Waals surface area (Å²) in [5, 5.41) is 21.2. The Morgan fingerprint density at radius 3 is 2.94 bits per heavy atom. The maximum Gasteiger partial charge on any atom is 0.280 e. The molecule has 1 aliphatic rings. The molecule has 0 saturated carbocycles. The van der Waals surface area contributed by atoms with Crippen LogP contribution in [0.2, 0.25) is 5.02 Å². The number of halogens is 2. The van der Waals surface area contributed by atoms with E-state index < -0.39 is 24.2 Å². The van der Waals surface area contributed by atoms with Gasteiger partial charge in [-0.25, -0.2) is 18.6 Å². The number of rotatable bonds is 6. The summed E-state index contributed by atoms with van der Waals surface area (Å²) in [5.41, 5.74) is 1.16. The molecule has 1 saturated heterocycles. The van der Waals surface area contributed by atoms with Crippen molar-refractivity contribution in [2.75, 3.05) is 25.5 Å². The lowest BCUT2D eigenvalue weighted by atomic mass is 10.1. The van der Waals surface area contributed by atoms with Gasteiger partial charge in [-0.2, -0.15) is 10.2 Å². The Morgan fingerprint density at radius 2 is 2.19 bits per heavy atom. The number of β-amino-alcohol motifs (C(OH)–C–C–N with tert-alkyl or cyclic N) is 1. The van der Waals surface area contributed by atoms with Crippen molar-refractivity contribution in [3.8, 4) is 17.0 Å². The number of fused-ring (bicyclic) bond motifs is 1. The highest BCUT2D eigenvalue weighted by atomic mass is 35.5. The van der Waals surface area contributed by atoms with E-state index in [1.807, 2.05) is 0 Å². The fourth-order valence-electron chi connectivity index (χ4n) is 4.05. The van der Waals surface area contributed by atoms with Gasteiger partial charge in [0.2, 0.25) is 0 Å². The number of aromatic nitrogens is 5. The van der Waals surface area contributed by atoms with E-state index in [9.17, 15) is 14.7 Å². The van der Waals surface area contributed by atoms with Crippen molar-refractivity contribution in [3.05, 3.63) is 59.6 Å². The fourth-order valence-corrected chi connectivity index (χ4v) is 4.22. The smallest absolute Gasteiger partial charge is 0.280 e. The molecule has 5 rings (SSSR count). The molecule has 1 fully saturated rings. The average Bonchev–Trinajstić information content (AvgIpc) is 3.61. The Labute approximate surface area is 209 Å². The van der Waals surface area contributed by atoms with Crippen LogP contribution in [0.4, 0.5) is 10.1 Å². The largest absolute Gasteiger partial charge is 0.496 e. The van der Waals surface area contributed by atoms with E-state index in [1.165, 1.54) is 35.1 Å². The number of carbonyl (C=O) groups excluding carboxylic acids is 2. The lowest BCUT2D eigenvalue weighted by Gasteiger charge is -2.18. The molecule has 2 amide bonds. The third kappa shape index (κ3) is 4.36. The van der Waals surface area contributed by atoms with Crippen LogP contribution < -0.4 is 10.1 Å². The molecule has 2 atom stereocenters. The highest BCUT2D eigenvalue weighted by Crippen LogP contribution is 2.37. The maximum atomic E-state index is 15.3. The Hall–Kier alpha value is -4.03. The van der Waals surface area contributed by atoms with E-state index in [4.69, 9.17) is 16.3 Å². The summed E-state index contributed by atoms with van der Waals surface area (Å²) in [7, 11) is 1.45. The van der Waals surface area contributed by atoms with Crippen LogP contribution in [0.25, 0.3) is 16.9 Å². The Kier molecular flexibility index (Phi) is 6.29. The minimum absolute atomic E-state index is 0.0425. The number of anilines is 1. The molecular weight excluding hydrogens is 493 g/mol. The fraction of sp³-hybridized carbons (Fsp3) is 0.261. The van der Waals surface area contributed by atoms with Gasteiger partial charge in [0.25, 0.3) is 18.1 Å². The number of benzene rings is 1. The first-order valence-corrected chi connectivity index (χ1v) is 11.4. The molecule has 1 aromatic carbocycles. The van der Waals surface area contributed by atoms with E-state index in [0.717, 1.165) is 4.68 Å². The third-order valence-electron chi connectivity index (χ3n) is 5.83. The molecule has 0 bridgehead atoms. The molecule has 186 valence electrons. The van der Waals surface area contributed by atoms with Crippen LogP contribution in [-0.2, 0) is 4.79 Å². The van der Waals surface area contributed by atoms with Gasteiger partial charge < -0.3 is 20.1 Å². The first-order chi connectivity index (χ1) is 17.4. The number of nitrogens with zero attached hydrogens (tertiary/aromatic N) is 6. The highest BCUT2D eigenvalue weighted by Gasteiger charge is 2.33. The second kappa shape index (κ2) is 9.55. The minimum atomic E-state index is -2.18. The summed E-state index contributed by atoms with van der Waals surface area (Å²) in [6.07, 6.45) is 3.26. The predicted molar refractivity (Wildman–Crippen MR) is 128 cm³/mol. The van der Waals surface area contributed by atoms with Gasteiger partial charge in [0.15, 0.2) is 5.65 Å². The number of likely N-dealkylation sites (tertiary alicyclic amines) is 1. The first-order valence-electron chi connectivity index (χ1n) is 11.0. The molecule has 1 unspecified atom stereocenters. The Morgan fingerprint density at radius 1 is 1.36 bits per heavy atom. The third-order valence-corrected chi connectivity index (χ3v) is 6.07. The SMILES string of the molecule is COc1ccc(Cl)cc1-c1nn(C(F)C(=O)N2CC[C@@H](O)C2)cc1NC(=O)c1cnn2cccnc12. The van der Waals surface area contributed by atoms with Crippen LogP contribution in [0.1, 0.15) is 23.1 Å². The van der Waals surface area contributed by atoms with Crippen molar-refractivity contribution < 1.29 is 23.8 Å². The van der Waals surface area contributed by atoms with Crippen molar-refractivity contribution in [1.82, 2.24) is 29.3 Å². The molecule has 11 nitrogen and oxygen atoms in total. The van der Waals surface area contributed by atoms with Gasteiger partial charge in [-0.15, -0.1) is 0 Å². The zero-order valence-corrected chi connectivity index (χ0v) is 19.8. The summed E-state index contributed by atoms with van der Waals surface area (Å²) < 4.78 is 23.0. The lowest BCUT2D eigenvalue weighted by Crippen LogP contribution is -2.34. The number of aliphatic hydroxyl groups excluding tert-OH is 1. The van der Waals surface area contributed by atoms with Gasteiger partial charge in [-0.3, -0.25) is 9.59 Å². The standard InChI is InChI=1S/C23H21ClFN7O4/c1-36-18-4-3-13(24)9-15(18)19-17(28-22(34)16-10-27-31-7-2-6-26-21(16)31)12-32(29-19)20(25)23(35)30-8-5-14(33)11-30/h2-4,6-7,9-10,12,14,20,33H,5,8,11H2,1H3,(H,28,34)/t14-,20?/m1/s1. The Balaban J connectivity index is 1.54. The van der Waals surface area contributed by atoms with Crippen LogP contribution in [0.15, 0.2) is 49.1 Å². The molecule has 0 aliphatic carbocycles.